The molecule has 0 unspecified atom stereocenters. The Kier molecular flexibility index (Phi) is 9.77. The van der Waals surface area contributed by atoms with E-state index in [0.717, 1.165) is 48.5 Å². The van der Waals surface area contributed by atoms with Crippen LogP contribution in [0.3, 0.4) is 0 Å². The summed E-state index contributed by atoms with van der Waals surface area (Å²) in [5.74, 6) is 3.30. The molecular formula is C23H35N5O2. The van der Waals surface area contributed by atoms with Gasteiger partial charge in [-0.15, -0.1) is 0 Å². The standard InChI is InChI=1S/C23H35N5O2/c1-6-24-23(26-17-19-10-9-11-22(27-19)28(4)5)25-15-14-18-12-13-20(29-7-2)21(16-18)30-8-3/h9-13,16H,6-8,14-15,17H2,1-5H3,(H2,24,25,26). The van der Waals surface area contributed by atoms with E-state index in [1.165, 1.54) is 5.56 Å². The Hall–Kier alpha value is -2.96. The van der Waals surface area contributed by atoms with Crippen molar-refractivity contribution in [1.82, 2.24) is 15.6 Å². The summed E-state index contributed by atoms with van der Waals surface area (Å²) in [5.41, 5.74) is 2.12. The first-order valence-electron chi connectivity index (χ1n) is 10.6. The van der Waals surface area contributed by atoms with E-state index in [1.807, 2.05) is 57.1 Å². The summed E-state index contributed by atoms with van der Waals surface area (Å²) < 4.78 is 11.4. The molecule has 1 heterocycles. The molecule has 7 heteroatoms. The fourth-order valence-corrected chi connectivity index (χ4v) is 2.88. The van der Waals surface area contributed by atoms with Gasteiger partial charge in [-0.1, -0.05) is 12.1 Å². The molecule has 0 saturated heterocycles. The fraction of sp³-hybridized carbons (Fsp3) is 0.478. The largest absolute Gasteiger partial charge is 0.490 e. The van der Waals surface area contributed by atoms with Crippen LogP contribution in [0.25, 0.3) is 0 Å². The van der Waals surface area contributed by atoms with Crippen LogP contribution < -0.4 is 25.0 Å². The van der Waals surface area contributed by atoms with Crippen molar-refractivity contribution < 1.29 is 9.47 Å². The number of benzene rings is 1. The van der Waals surface area contributed by atoms with Crippen molar-refractivity contribution in [2.24, 2.45) is 4.99 Å². The number of hydrogen-bond acceptors (Lipinski definition) is 5. The second kappa shape index (κ2) is 12.6. The Bertz CT molecular complexity index is 808. The topological polar surface area (TPSA) is 71.0 Å². The van der Waals surface area contributed by atoms with Crippen LogP contribution in [0, 0.1) is 0 Å². The molecule has 164 valence electrons. The Labute approximate surface area is 180 Å². The molecule has 2 aromatic rings. The maximum atomic E-state index is 5.72. The van der Waals surface area contributed by atoms with Gasteiger partial charge in [0.2, 0.25) is 0 Å². The first kappa shape index (κ1) is 23.3. The lowest BCUT2D eigenvalue weighted by atomic mass is 10.1. The zero-order valence-corrected chi connectivity index (χ0v) is 18.9. The van der Waals surface area contributed by atoms with Gasteiger partial charge in [0.25, 0.3) is 0 Å². The van der Waals surface area contributed by atoms with E-state index in [1.54, 1.807) is 0 Å². The molecule has 1 aromatic carbocycles. The van der Waals surface area contributed by atoms with E-state index in [9.17, 15) is 0 Å². The minimum Gasteiger partial charge on any atom is -0.490 e. The van der Waals surface area contributed by atoms with Gasteiger partial charge < -0.3 is 25.0 Å². The lowest BCUT2D eigenvalue weighted by Crippen LogP contribution is -2.38. The first-order valence-corrected chi connectivity index (χ1v) is 10.6. The monoisotopic (exact) mass is 413 g/mol. The van der Waals surface area contributed by atoms with E-state index in [0.29, 0.717) is 19.8 Å². The summed E-state index contributed by atoms with van der Waals surface area (Å²) >= 11 is 0. The van der Waals surface area contributed by atoms with Crippen LogP contribution in [0.2, 0.25) is 0 Å². The summed E-state index contributed by atoms with van der Waals surface area (Å²) in [6.45, 7) is 9.33. The van der Waals surface area contributed by atoms with Gasteiger partial charge in [-0.3, -0.25) is 0 Å². The highest BCUT2D eigenvalue weighted by Gasteiger charge is 2.07. The first-order chi connectivity index (χ1) is 14.6. The van der Waals surface area contributed by atoms with Gasteiger partial charge in [0, 0.05) is 27.2 Å². The number of nitrogens with zero attached hydrogens (tertiary/aromatic N) is 3. The van der Waals surface area contributed by atoms with Crippen molar-refractivity contribution in [3.05, 3.63) is 47.7 Å². The minimum absolute atomic E-state index is 0.522. The third-order valence-corrected chi connectivity index (χ3v) is 4.31. The number of anilines is 1. The van der Waals surface area contributed by atoms with E-state index < -0.39 is 0 Å². The molecule has 0 aliphatic carbocycles. The lowest BCUT2D eigenvalue weighted by Gasteiger charge is -2.14. The fourth-order valence-electron chi connectivity index (χ4n) is 2.88. The van der Waals surface area contributed by atoms with Crippen molar-refractivity contribution in [2.75, 3.05) is 45.3 Å². The number of aromatic nitrogens is 1. The highest BCUT2D eigenvalue weighted by molar-refractivity contribution is 5.79. The van der Waals surface area contributed by atoms with Gasteiger partial charge in [-0.05, 0) is 57.0 Å². The molecule has 0 saturated carbocycles. The van der Waals surface area contributed by atoms with Crippen LogP contribution in [-0.4, -0.2) is 51.3 Å². The maximum Gasteiger partial charge on any atom is 0.191 e. The van der Waals surface area contributed by atoms with Crippen molar-refractivity contribution in [3.63, 3.8) is 0 Å². The molecule has 0 fully saturated rings. The van der Waals surface area contributed by atoms with Gasteiger partial charge in [-0.2, -0.15) is 0 Å². The van der Waals surface area contributed by atoms with E-state index in [4.69, 9.17) is 9.47 Å². The van der Waals surface area contributed by atoms with Gasteiger partial charge in [0.1, 0.15) is 5.82 Å². The SMILES string of the molecule is CCNC(=NCc1cccc(N(C)C)n1)NCCc1ccc(OCC)c(OCC)c1. The van der Waals surface area contributed by atoms with E-state index in [-0.39, 0.29) is 0 Å². The van der Waals surface area contributed by atoms with Crippen molar-refractivity contribution in [1.29, 1.82) is 0 Å². The zero-order chi connectivity index (χ0) is 21.8. The van der Waals surface area contributed by atoms with Crippen LogP contribution in [0.1, 0.15) is 32.0 Å². The van der Waals surface area contributed by atoms with Gasteiger partial charge in [-0.25, -0.2) is 9.98 Å². The molecule has 0 bridgehead atoms. The Morgan fingerprint density at radius 2 is 1.77 bits per heavy atom. The Morgan fingerprint density at radius 1 is 1.00 bits per heavy atom. The van der Waals surface area contributed by atoms with Gasteiger partial charge in [0.05, 0.1) is 25.5 Å². The summed E-state index contributed by atoms with van der Waals surface area (Å²) in [6.07, 6.45) is 0.852. The van der Waals surface area contributed by atoms with Crippen LogP contribution in [-0.2, 0) is 13.0 Å². The highest BCUT2D eigenvalue weighted by Crippen LogP contribution is 2.28. The highest BCUT2D eigenvalue weighted by atomic mass is 16.5. The smallest absolute Gasteiger partial charge is 0.191 e. The molecule has 1 aromatic heterocycles. The third-order valence-electron chi connectivity index (χ3n) is 4.31. The molecule has 2 rings (SSSR count). The summed E-state index contributed by atoms with van der Waals surface area (Å²) in [6, 6.07) is 12.1. The molecule has 30 heavy (non-hydrogen) atoms. The van der Waals surface area contributed by atoms with Crippen LogP contribution in [0.4, 0.5) is 5.82 Å². The molecule has 0 radical (unpaired) electrons. The Morgan fingerprint density at radius 3 is 2.47 bits per heavy atom. The molecule has 2 N–H and O–H groups in total. The molecule has 0 spiro atoms. The van der Waals surface area contributed by atoms with E-state index >= 15 is 0 Å². The molecular weight excluding hydrogens is 378 g/mol. The average Bonchev–Trinajstić information content (AvgIpc) is 2.74. The number of pyridine rings is 1. The molecule has 7 nitrogen and oxygen atoms in total. The normalized spacial score (nSPS) is 11.2. The summed E-state index contributed by atoms with van der Waals surface area (Å²) in [4.78, 5) is 11.3. The van der Waals surface area contributed by atoms with Crippen LogP contribution in [0.5, 0.6) is 11.5 Å². The average molecular weight is 414 g/mol. The van der Waals surface area contributed by atoms with Crippen molar-refractivity contribution >= 4 is 11.8 Å². The molecule has 0 aliphatic rings. The zero-order valence-electron chi connectivity index (χ0n) is 18.9. The van der Waals surface area contributed by atoms with Crippen LogP contribution in [0.15, 0.2) is 41.4 Å². The second-order valence-electron chi connectivity index (χ2n) is 6.90. The number of guanidine groups is 1. The molecule has 0 aliphatic heterocycles. The predicted octanol–water partition coefficient (Wildman–Crippen LogP) is 3.24. The van der Waals surface area contributed by atoms with Crippen LogP contribution >= 0.6 is 0 Å². The third kappa shape index (κ3) is 7.46. The van der Waals surface area contributed by atoms with E-state index in [2.05, 4.69) is 39.7 Å². The summed E-state index contributed by atoms with van der Waals surface area (Å²) in [7, 11) is 3.97. The molecule has 0 amide bonds. The van der Waals surface area contributed by atoms with Crippen molar-refractivity contribution in [2.45, 2.75) is 33.7 Å². The second-order valence-corrected chi connectivity index (χ2v) is 6.90. The Balaban J connectivity index is 1.96. The number of rotatable bonds is 11. The van der Waals surface area contributed by atoms with Gasteiger partial charge >= 0.3 is 0 Å². The maximum absolute atomic E-state index is 5.72. The van der Waals surface area contributed by atoms with Crippen molar-refractivity contribution in [3.8, 4) is 11.5 Å². The lowest BCUT2D eigenvalue weighted by molar-refractivity contribution is 0.287. The van der Waals surface area contributed by atoms with Gasteiger partial charge in [0.15, 0.2) is 17.5 Å². The number of hydrogen-bond donors (Lipinski definition) is 2. The summed E-state index contributed by atoms with van der Waals surface area (Å²) in [5, 5.41) is 6.69. The quantitative estimate of drug-likeness (QED) is 0.435. The number of nitrogens with one attached hydrogen (secondary N) is 2. The number of aliphatic imine (C=N–C) groups is 1. The minimum atomic E-state index is 0.522. The predicted molar refractivity (Wildman–Crippen MR) is 124 cm³/mol. The molecule has 0 atom stereocenters. The number of ether oxygens (including phenoxy) is 2.